The van der Waals surface area contributed by atoms with Crippen LogP contribution in [0.4, 0.5) is 0 Å². The minimum Gasteiger partial charge on any atom is -0.508 e. The second kappa shape index (κ2) is 13.0. The van der Waals surface area contributed by atoms with Crippen molar-refractivity contribution in [3.8, 4) is 28.6 Å². The average molecular weight is 562 g/mol. The Morgan fingerprint density at radius 1 is 0.902 bits per heavy atom. The van der Waals surface area contributed by atoms with Gasteiger partial charge in [-0.25, -0.2) is 0 Å². The van der Waals surface area contributed by atoms with Crippen LogP contribution >= 0.6 is 0 Å². The SMILES string of the molecule is CCN1CCN(Cc2ccc(-n3c(C(=O)NCCN4CCCC4)nnc3-c3cc(C(C)C)c(O)cc3O)cc2)CC1. The Hall–Kier alpha value is -3.47. The number of aromatic hydroxyl groups is 2. The summed E-state index contributed by atoms with van der Waals surface area (Å²) in [6.07, 6.45) is 2.40. The maximum absolute atomic E-state index is 13.4. The van der Waals surface area contributed by atoms with E-state index in [1.54, 1.807) is 10.6 Å². The maximum Gasteiger partial charge on any atom is 0.289 e. The van der Waals surface area contributed by atoms with Gasteiger partial charge < -0.3 is 25.3 Å². The van der Waals surface area contributed by atoms with E-state index < -0.39 is 0 Å². The molecule has 10 nitrogen and oxygen atoms in total. The third kappa shape index (κ3) is 6.72. The number of likely N-dealkylation sites (tertiary alicyclic amines) is 1. The van der Waals surface area contributed by atoms with Gasteiger partial charge in [0, 0.05) is 57.6 Å². The van der Waals surface area contributed by atoms with Gasteiger partial charge in [-0.1, -0.05) is 32.9 Å². The van der Waals surface area contributed by atoms with Crippen LogP contribution < -0.4 is 5.32 Å². The summed E-state index contributed by atoms with van der Waals surface area (Å²) in [7, 11) is 0. The van der Waals surface area contributed by atoms with Crippen molar-refractivity contribution in [1.29, 1.82) is 0 Å². The first kappa shape index (κ1) is 29.0. The predicted octanol–water partition coefficient (Wildman–Crippen LogP) is 3.43. The lowest BCUT2D eigenvalue weighted by Crippen LogP contribution is -2.45. The molecule has 0 bridgehead atoms. The van der Waals surface area contributed by atoms with Crippen molar-refractivity contribution in [1.82, 2.24) is 34.8 Å². The molecule has 0 atom stereocenters. The highest BCUT2D eigenvalue weighted by atomic mass is 16.3. The average Bonchev–Trinajstić information content (AvgIpc) is 3.64. The number of carbonyl (C=O) groups is 1. The Kier molecular flexibility index (Phi) is 9.22. The number of hydrogen-bond donors (Lipinski definition) is 3. The molecule has 0 unspecified atom stereocenters. The van der Waals surface area contributed by atoms with Crippen LogP contribution in [0.1, 0.15) is 61.3 Å². The first-order chi connectivity index (χ1) is 19.8. The molecule has 3 aromatic rings. The summed E-state index contributed by atoms with van der Waals surface area (Å²) in [5.41, 5.74) is 3.02. The van der Waals surface area contributed by atoms with E-state index in [0.29, 0.717) is 23.5 Å². The van der Waals surface area contributed by atoms with Gasteiger partial charge in [0.1, 0.15) is 11.5 Å². The molecule has 0 spiro atoms. The van der Waals surface area contributed by atoms with E-state index in [1.807, 2.05) is 26.0 Å². The number of carbonyl (C=O) groups excluding carboxylic acids is 1. The molecule has 0 aliphatic carbocycles. The first-order valence-corrected chi connectivity index (χ1v) is 14.9. The fraction of sp³-hybridized carbons (Fsp3) is 0.516. The third-order valence-corrected chi connectivity index (χ3v) is 8.30. The van der Waals surface area contributed by atoms with Gasteiger partial charge in [-0.15, -0.1) is 10.2 Å². The number of piperazine rings is 1. The van der Waals surface area contributed by atoms with Crippen molar-refractivity contribution in [2.75, 3.05) is 58.9 Å². The van der Waals surface area contributed by atoms with Gasteiger partial charge in [-0.2, -0.15) is 0 Å². The van der Waals surface area contributed by atoms with E-state index in [9.17, 15) is 15.0 Å². The molecular weight excluding hydrogens is 518 g/mol. The topological polar surface area (TPSA) is 110 Å². The first-order valence-electron chi connectivity index (χ1n) is 14.9. The lowest BCUT2D eigenvalue weighted by Gasteiger charge is -2.34. The zero-order chi connectivity index (χ0) is 28.9. The largest absolute Gasteiger partial charge is 0.508 e. The number of nitrogens with one attached hydrogen (secondary N) is 1. The molecule has 220 valence electrons. The highest BCUT2D eigenvalue weighted by Gasteiger charge is 2.25. The van der Waals surface area contributed by atoms with E-state index in [4.69, 9.17) is 0 Å². The summed E-state index contributed by atoms with van der Waals surface area (Å²) < 4.78 is 1.70. The summed E-state index contributed by atoms with van der Waals surface area (Å²) >= 11 is 0. The second-order valence-corrected chi connectivity index (χ2v) is 11.4. The summed E-state index contributed by atoms with van der Waals surface area (Å²) in [4.78, 5) is 20.7. The molecule has 2 aromatic carbocycles. The quantitative estimate of drug-likeness (QED) is 0.346. The zero-order valence-corrected chi connectivity index (χ0v) is 24.5. The highest BCUT2D eigenvalue weighted by Crippen LogP contribution is 2.38. The molecule has 0 radical (unpaired) electrons. The molecule has 41 heavy (non-hydrogen) atoms. The molecule has 5 rings (SSSR count). The maximum atomic E-state index is 13.4. The minimum absolute atomic E-state index is 0.0244. The number of phenols is 2. The van der Waals surface area contributed by atoms with Crippen molar-refractivity contribution >= 4 is 5.91 Å². The van der Waals surface area contributed by atoms with Crippen LogP contribution in [0.3, 0.4) is 0 Å². The van der Waals surface area contributed by atoms with E-state index in [-0.39, 0.29) is 29.1 Å². The molecule has 0 saturated carbocycles. The molecule has 1 aromatic heterocycles. The Labute approximate surface area is 242 Å². The number of rotatable bonds is 10. The Bertz CT molecular complexity index is 1320. The fourth-order valence-electron chi connectivity index (χ4n) is 5.77. The van der Waals surface area contributed by atoms with E-state index in [0.717, 1.165) is 64.6 Å². The van der Waals surface area contributed by atoms with E-state index in [1.165, 1.54) is 24.5 Å². The molecule has 3 heterocycles. The lowest BCUT2D eigenvalue weighted by atomic mass is 9.98. The second-order valence-electron chi connectivity index (χ2n) is 11.4. The normalized spacial score (nSPS) is 17.0. The molecule has 2 fully saturated rings. The summed E-state index contributed by atoms with van der Waals surface area (Å²) in [6.45, 7) is 15.8. The lowest BCUT2D eigenvalue weighted by molar-refractivity contribution is 0.0937. The summed E-state index contributed by atoms with van der Waals surface area (Å²) in [5, 5.41) is 32.9. The van der Waals surface area contributed by atoms with Gasteiger partial charge >= 0.3 is 0 Å². The fourth-order valence-corrected chi connectivity index (χ4v) is 5.77. The third-order valence-electron chi connectivity index (χ3n) is 8.30. The van der Waals surface area contributed by atoms with Crippen molar-refractivity contribution in [2.45, 2.75) is 46.1 Å². The smallest absolute Gasteiger partial charge is 0.289 e. The number of phenolic OH excluding ortho intramolecular Hbond substituents is 2. The van der Waals surface area contributed by atoms with Gasteiger partial charge in [0.05, 0.1) is 5.56 Å². The van der Waals surface area contributed by atoms with Gasteiger partial charge in [0.2, 0.25) is 5.82 Å². The Balaban J connectivity index is 1.43. The highest BCUT2D eigenvalue weighted by molar-refractivity contribution is 5.92. The van der Waals surface area contributed by atoms with Crippen LogP contribution in [0.5, 0.6) is 11.5 Å². The standard InChI is InChI=1S/C31H43N7O3/c1-4-35-15-17-37(18-16-35)21-23-7-9-24(10-8-23)38-29(26-19-25(22(2)3)27(39)20-28(26)40)33-34-30(38)31(41)32-11-14-36-12-5-6-13-36/h7-10,19-20,22,39-40H,4-6,11-18,21H2,1-3H3,(H,32,41). The number of aromatic nitrogens is 3. The number of likely N-dealkylation sites (N-methyl/N-ethyl adjacent to an activating group) is 1. The van der Waals surface area contributed by atoms with Gasteiger partial charge in [-0.05, 0) is 67.7 Å². The van der Waals surface area contributed by atoms with Gasteiger partial charge in [0.15, 0.2) is 5.82 Å². The van der Waals surface area contributed by atoms with Gasteiger partial charge in [-0.3, -0.25) is 14.3 Å². The number of hydrogen-bond acceptors (Lipinski definition) is 8. The van der Waals surface area contributed by atoms with Gasteiger partial charge in [0.25, 0.3) is 5.91 Å². The van der Waals surface area contributed by atoms with Crippen molar-refractivity contribution in [3.63, 3.8) is 0 Å². The molecule has 3 N–H and O–H groups in total. The molecule has 2 aliphatic rings. The number of amides is 1. The van der Waals surface area contributed by atoms with E-state index in [2.05, 4.69) is 49.3 Å². The molecule has 1 amide bonds. The summed E-state index contributed by atoms with van der Waals surface area (Å²) in [6, 6.07) is 11.2. The Morgan fingerprint density at radius 3 is 2.24 bits per heavy atom. The van der Waals surface area contributed by atoms with Crippen molar-refractivity contribution in [2.24, 2.45) is 0 Å². The van der Waals surface area contributed by atoms with Crippen LogP contribution in [-0.2, 0) is 6.54 Å². The van der Waals surface area contributed by atoms with Crippen molar-refractivity contribution in [3.05, 3.63) is 53.3 Å². The molecule has 2 saturated heterocycles. The predicted molar refractivity (Wildman–Crippen MR) is 160 cm³/mol. The minimum atomic E-state index is -0.317. The van der Waals surface area contributed by atoms with Crippen LogP contribution in [0, 0.1) is 0 Å². The number of nitrogens with zero attached hydrogens (tertiary/aromatic N) is 6. The molecule has 2 aliphatic heterocycles. The zero-order valence-electron chi connectivity index (χ0n) is 24.5. The summed E-state index contributed by atoms with van der Waals surface area (Å²) in [5.74, 6) is 0.113. The van der Waals surface area contributed by atoms with Crippen molar-refractivity contribution < 1.29 is 15.0 Å². The molecular formula is C31H43N7O3. The van der Waals surface area contributed by atoms with Crippen LogP contribution in [0.2, 0.25) is 0 Å². The van der Waals surface area contributed by atoms with Crippen LogP contribution in [0.15, 0.2) is 36.4 Å². The van der Waals surface area contributed by atoms with E-state index >= 15 is 0 Å². The van der Waals surface area contributed by atoms with Crippen LogP contribution in [0.25, 0.3) is 17.1 Å². The number of benzene rings is 2. The molecule has 10 heteroatoms. The Morgan fingerprint density at radius 2 is 1.59 bits per heavy atom. The van der Waals surface area contributed by atoms with Crippen LogP contribution in [-0.4, -0.2) is 104 Å². The monoisotopic (exact) mass is 561 g/mol.